The molecule has 1 fully saturated rings. The van der Waals surface area contributed by atoms with Crippen molar-refractivity contribution in [2.24, 2.45) is 17.8 Å². The van der Waals surface area contributed by atoms with Gasteiger partial charge in [-0.25, -0.2) is 5.43 Å². The Morgan fingerprint density at radius 2 is 1.76 bits per heavy atom. The van der Waals surface area contributed by atoms with Crippen molar-refractivity contribution >= 4 is 23.7 Å². The molecule has 2 heterocycles. The third-order valence-electron chi connectivity index (χ3n) is 8.30. The van der Waals surface area contributed by atoms with E-state index in [0.29, 0.717) is 38.8 Å². The number of nitrogens with zero attached hydrogens (tertiary/aromatic N) is 1. The number of hydrazine groups is 1. The number of nitrogens with one attached hydrogen (secondary N) is 3. The number of allylic oxidation sites excluding steroid dienone is 5. The number of ether oxygens (including phenoxy) is 1. The summed E-state index contributed by atoms with van der Waals surface area (Å²) in [6.45, 7) is 7.92. The van der Waals surface area contributed by atoms with Crippen molar-refractivity contribution in [3.8, 4) is 0 Å². The fourth-order valence-electron chi connectivity index (χ4n) is 5.49. The lowest BCUT2D eigenvalue weighted by Crippen LogP contribution is -2.61. The smallest absolute Gasteiger partial charge is 0.324 e. The van der Waals surface area contributed by atoms with Gasteiger partial charge >= 0.3 is 5.97 Å². The van der Waals surface area contributed by atoms with Crippen molar-refractivity contribution in [1.82, 2.24) is 21.1 Å². The molecule has 42 heavy (non-hydrogen) atoms. The first-order chi connectivity index (χ1) is 20.1. The van der Waals surface area contributed by atoms with Gasteiger partial charge in [0.05, 0.1) is 18.6 Å². The highest BCUT2D eigenvalue weighted by Crippen LogP contribution is 2.20. The summed E-state index contributed by atoms with van der Waals surface area (Å²) in [6, 6.07) is -2.44. The number of carbonyl (C=O) groups excluding carboxylic acids is 4. The Balaban J connectivity index is 1.85. The van der Waals surface area contributed by atoms with Crippen LogP contribution < -0.4 is 16.1 Å². The molecule has 1 aliphatic carbocycles. The fourth-order valence-corrected chi connectivity index (χ4v) is 5.49. The van der Waals surface area contributed by atoms with Crippen molar-refractivity contribution in [3.63, 3.8) is 0 Å². The largest absolute Gasteiger partial charge is 0.464 e. The minimum absolute atomic E-state index is 0.160. The maximum absolute atomic E-state index is 13.8. The van der Waals surface area contributed by atoms with Crippen LogP contribution in [-0.2, 0) is 23.9 Å². The van der Waals surface area contributed by atoms with Gasteiger partial charge in [-0.3, -0.25) is 24.2 Å². The number of hydrogen-bond acceptors (Lipinski definition) is 7. The number of aliphatic hydroxyl groups excluding tert-OH is 1. The number of carbonyl (C=O) groups is 4. The molecule has 0 aromatic carbocycles. The Kier molecular flexibility index (Phi) is 13.3. The van der Waals surface area contributed by atoms with Gasteiger partial charge in [-0.15, -0.1) is 0 Å². The molecule has 10 heteroatoms. The van der Waals surface area contributed by atoms with Crippen molar-refractivity contribution in [2.75, 3.05) is 13.2 Å². The first kappa shape index (κ1) is 33.5. The van der Waals surface area contributed by atoms with Gasteiger partial charge in [-0.2, -0.15) is 0 Å². The van der Waals surface area contributed by atoms with Gasteiger partial charge in [-0.05, 0) is 68.8 Å². The standard InChI is InChI=1S/C32H50N4O6/c1-21(2)27-30(39)33-26(20-24-15-10-8-11-16-24)31(40)36-18-13-17-25(35-36)32(41)42-19-12-7-5-6-9-14-22(3)28(37)23(4)29(38)34-27/h6,9-10,15-16,21-23,25-28,35,37H,5,7-8,11-14,17-20H2,1-4H3,(H,33,39)(H,34,38)/b9-6+/t22-,23+,25-,26-,27-,28+/m0/s1. The molecule has 0 saturated carbocycles. The molecule has 10 nitrogen and oxygen atoms in total. The van der Waals surface area contributed by atoms with Crippen molar-refractivity contribution in [3.05, 3.63) is 36.0 Å². The first-order valence-electron chi connectivity index (χ1n) is 15.6. The van der Waals surface area contributed by atoms with E-state index in [2.05, 4.69) is 22.1 Å². The lowest BCUT2D eigenvalue weighted by atomic mass is 9.89. The molecule has 3 aliphatic rings. The summed E-state index contributed by atoms with van der Waals surface area (Å²) in [5, 5.41) is 18.0. The first-order valence-corrected chi connectivity index (χ1v) is 15.6. The van der Waals surface area contributed by atoms with Gasteiger partial charge in [0.15, 0.2) is 0 Å². The minimum Gasteiger partial charge on any atom is -0.464 e. The van der Waals surface area contributed by atoms with Crippen LogP contribution in [0.1, 0.15) is 85.5 Å². The van der Waals surface area contributed by atoms with Crippen LogP contribution in [0.3, 0.4) is 0 Å². The number of cyclic esters (lactones) is 1. The van der Waals surface area contributed by atoms with Crippen LogP contribution in [0.25, 0.3) is 0 Å². The average molecular weight is 587 g/mol. The second-order valence-electron chi connectivity index (χ2n) is 12.2. The number of fused-ring (bicyclic) bond motifs is 2. The maximum Gasteiger partial charge on any atom is 0.324 e. The fraction of sp³-hybridized carbons (Fsp3) is 0.688. The van der Waals surface area contributed by atoms with Crippen molar-refractivity contribution in [2.45, 2.75) is 110 Å². The summed E-state index contributed by atoms with van der Waals surface area (Å²) in [6.07, 6.45) is 15.5. The van der Waals surface area contributed by atoms with Crippen LogP contribution in [0.2, 0.25) is 0 Å². The highest BCUT2D eigenvalue weighted by atomic mass is 16.5. The normalized spacial score (nSPS) is 32.1. The molecule has 0 radical (unpaired) electrons. The molecule has 3 rings (SSSR count). The van der Waals surface area contributed by atoms with Crippen LogP contribution in [-0.4, -0.2) is 71.2 Å². The Bertz CT molecular complexity index is 1040. The third kappa shape index (κ3) is 9.80. The molecule has 0 aromatic rings. The van der Waals surface area contributed by atoms with Gasteiger partial charge in [0, 0.05) is 13.0 Å². The summed E-state index contributed by atoms with van der Waals surface area (Å²) < 4.78 is 5.51. The Labute approximate surface area is 250 Å². The van der Waals surface area contributed by atoms with Crippen LogP contribution in [0.4, 0.5) is 0 Å². The van der Waals surface area contributed by atoms with E-state index in [-0.39, 0.29) is 30.1 Å². The van der Waals surface area contributed by atoms with Crippen LogP contribution in [0.5, 0.6) is 0 Å². The summed E-state index contributed by atoms with van der Waals surface area (Å²) in [4.78, 5) is 53.4. The van der Waals surface area contributed by atoms with E-state index < -0.39 is 42.0 Å². The number of rotatable bonds is 3. The van der Waals surface area contributed by atoms with E-state index >= 15 is 0 Å². The summed E-state index contributed by atoms with van der Waals surface area (Å²) >= 11 is 0. The van der Waals surface area contributed by atoms with Gasteiger partial charge in [0.1, 0.15) is 18.1 Å². The molecule has 6 atom stereocenters. The van der Waals surface area contributed by atoms with Crippen LogP contribution in [0, 0.1) is 17.8 Å². The zero-order chi connectivity index (χ0) is 30.6. The molecule has 234 valence electrons. The molecular weight excluding hydrogens is 536 g/mol. The van der Waals surface area contributed by atoms with Crippen LogP contribution >= 0.6 is 0 Å². The number of hydrogen-bond donors (Lipinski definition) is 4. The third-order valence-corrected chi connectivity index (χ3v) is 8.30. The maximum atomic E-state index is 13.8. The van der Waals surface area contributed by atoms with Gasteiger partial charge in [-0.1, -0.05) is 58.1 Å². The van der Waals surface area contributed by atoms with Gasteiger partial charge < -0.3 is 20.5 Å². The molecule has 2 aliphatic heterocycles. The Morgan fingerprint density at radius 3 is 2.48 bits per heavy atom. The quantitative estimate of drug-likeness (QED) is 0.295. The predicted octanol–water partition coefficient (Wildman–Crippen LogP) is 3.08. The topological polar surface area (TPSA) is 137 Å². The lowest BCUT2D eigenvalue weighted by molar-refractivity contribution is -0.153. The minimum atomic E-state index is -0.903. The molecule has 1 saturated heterocycles. The van der Waals surface area contributed by atoms with Gasteiger partial charge in [0.25, 0.3) is 5.91 Å². The molecule has 3 amide bonds. The molecule has 0 spiro atoms. The van der Waals surface area contributed by atoms with Crippen LogP contribution in [0.15, 0.2) is 36.0 Å². The second kappa shape index (κ2) is 16.6. The van der Waals surface area contributed by atoms with Gasteiger partial charge in [0.2, 0.25) is 11.8 Å². The highest BCUT2D eigenvalue weighted by molar-refractivity contribution is 5.93. The summed E-state index contributed by atoms with van der Waals surface area (Å²) in [5.41, 5.74) is 3.98. The average Bonchev–Trinajstić information content (AvgIpc) is 2.99. The molecule has 0 unspecified atom stereocenters. The van der Waals surface area contributed by atoms with E-state index in [1.807, 2.05) is 45.1 Å². The number of aliphatic hydroxyl groups is 1. The van der Waals surface area contributed by atoms with E-state index in [1.54, 1.807) is 6.92 Å². The second-order valence-corrected chi connectivity index (χ2v) is 12.2. The zero-order valence-corrected chi connectivity index (χ0v) is 25.6. The SMILES string of the molecule is CC(C)[C@@H]1NC(=O)[C@H](C)[C@H](O)[C@@H](C)C/C=C/CCCCOC(=O)[C@@H]2CCCN(N2)C(=O)[C@H](CC2=CCCC=C2)NC1=O. The lowest BCUT2D eigenvalue weighted by Gasteiger charge is -2.36. The summed E-state index contributed by atoms with van der Waals surface area (Å²) in [7, 11) is 0. The molecule has 2 bridgehead atoms. The predicted molar refractivity (Wildman–Crippen MR) is 161 cm³/mol. The van der Waals surface area contributed by atoms with Crippen molar-refractivity contribution < 1.29 is 29.0 Å². The summed E-state index contributed by atoms with van der Waals surface area (Å²) in [5.74, 6) is -2.75. The molecular formula is C32H50N4O6. The Morgan fingerprint density at radius 1 is 0.976 bits per heavy atom. The molecule has 4 N–H and O–H groups in total. The number of amides is 3. The van der Waals surface area contributed by atoms with E-state index in [1.165, 1.54) is 5.01 Å². The number of esters is 1. The highest BCUT2D eigenvalue weighted by Gasteiger charge is 2.36. The van der Waals surface area contributed by atoms with E-state index in [4.69, 9.17) is 4.74 Å². The van der Waals surface area contributed by atoms with E-state index in [0.717, 1.165) is 31.3 Å². The molecule has 0 aromatic heterocycles. The monoisotopic (exact) mass is 586 g/mol. The van der Waals surface area contributed by atoms with E-state index in [9.17, 15) is 24.3 Å². The zero-order valence-electron chi connectivity index (χ0n) is 25.6. The van der Waals surface area contributed by atoms with Crippen molar-refractivity contribution in [1.29, 1.82) is 0 Å². The Hall–Kier alpha value is -2.98.